The monoisotopic (exact) mass is 325 g/mol. The summed E-state index contributed by atoms with van der Waals surface area (Å²) < 4.78 is 22.1. The van der Waals surface area contributed by atoms with Crippen molar-refractivity contribution in [1.29, 1.82) is 0 Å². The van der Waals surface area contributed by atoms with Crippen LogP contribution in [0.15, 0.2) is 9.29 Å². The van der Waals surface area contributed by atoms with Crippen LogP contribution < -0.4 is 16.2 Å². The van der Waals surface area contributed by atoms with Crippen LogP contribution in [0.25, 0.3) is 0 Å². The molecule has 0 saturated heterocycles. The average Bonchev–Trinajstić information content (AvgIpc) is 2.74. The van der Waals surface area contributed by atoms with Gasteiger partial charge in [0.2, 0.25) is 5.96 Å². The van der Waals surface area contributed by atoms with Crippen molar-refractivity contribution in [3.8, 4) is 5.75 Å². The van der Waals surface area contributed by atoms with Crippen LogP contribution in [0.1, 0.15) is 49.9 Å². The van der Waals surface area contributed by atoms with Crippen molar-refractivity contribution in [2.75, 3.05) is 0 Å². The molecule has 2 rings (SSSR count). The zero-order valence-corrected chi connectivity index (χ0v) is 15.4. The Morgan fingerprint density at radius 1 is 1.14 bits per heavy atom. The quantitative estimate of drug-likeness (QED) is 0.646. The van der Waals surface area contributed by atoms with E-state index in [1.165, 1.54) is 0 Å². The first-order valence-corrected chi connectivity index (χ1v) is 8.58. The summed E-state index contributed by atoms with van der Waals surface area (Å²) >= 11 is 0. The highest BCUT2D eigenvalue weighted by molar-refractivity contribution is 7.84. The Bertz CT molecular complexity index is 633. The number of ether oxygens (including phenoxy) is 1. The van der Waals surface area contributed by atoms with Crippen LogP contribution in [0, 0.1) is 20.8 Å². The molecule has 0 aromatic heterocycles. The van der Waals surface area contributed by atoms with E-state index < -0.39 is 11.0 Å². The van der Waals surface area contributed by atoms with Gasteiger partial charge in [0.25, 0.3) is 0 Å². The Morgan fingerprint density at radius 2 is 1.68 bits per heavy atom. The van der Waals surface area contributed by atoms with Crippen molar-refractivity contribution >= 4 is 16.9 Å². The van der Waals surface area contributed by atoms with E-state index in [1.54, 1.807) is 0 Å². The lowest BCUT2D eigenvalue weighted by Gasteiger charge is -2.18. The topological polar surface area (TPSA) is 90.7 Å². The van der Waals surface area contributed by atoms with Crippen LogP contribution in [0.4, 0.5) is 0 Å². The maximum atomic E-state index is 12.3. The molecule has 0 saturated carbocycles. The van der Waals surface area contributed by atoms with Gasteiger partial charge in [-0.3, -0.25) is 0 Å². The maximum Gasteiger partial charge on any atom is 0.200 e. The fourth-order valence-electron chi connectivity index (χ4n) is 2.65. The van der Waals surface area contributed by atoms with Gasteiger partial charge in [-0.15, -0.1) is 4.40 Å². The summed E-state index contributed by atoms with van der Waals surface area (Å²) in [4.78, 5) is 0.691. The van der Waals surface area contributed by atoms with E-state index in [0.29, 0.717) is 4.90 Å². The van der Waals surface area contributed by atoms with Crippen LogP contribution in [0.3, 0.4) is 0 Å². The molecular formula is C16H27N3O2S. The fourth-order valence-corrected chi connectivity index (χ4v) is 3.73. The summed E-state index contributed by atoms with van der Waals surface area (Å²) in [6, 6.07) is 0. The standard InChI is InChI=1S/C14H21N3O2S.C2H6/c1-7-8(2)12(20(18)17-13(15)16)9(3)10-6-14(4,5)19-11(7)10;1-2/h6H2,1-5H3,(H4,15,16,17);1-2H3. The van der Waals surface area contributed by atoms with Gasteiger partial charge in [0.15, 0.2) is 11.0 Å². The molecule has 0 fully saturated rings. The molecule has 1 unspecified atom stereocenters. The smallest absolute Gasteiger partial charge is 0.200 e. The van der Waals surface area contributed by atoms with Crippen molar-refractivity contribution in [3.63, 3.8) is 0 Å². The third-order valence-electron chi connectivity index (χ3n) is 3.65. The molecule has 0 radical (unpaired) electrons. The predicted molar refractivity (Wildman–Crippen MR) is 92.6 cm³/mol. The highest BCUT2D eigenvalue weighted by atomic mass is 32.2. The van der Waals surface area contributed by atoms with Gasteiger partial charge in [-0.1, -0.05) is 13.8 Å². The molecule has 0 amide bonds. The van der Waals surface area contributed by atoms with Crippen LogP contribution in [-0.2, 0) is 17.4 Å². The number of hydrogen-bond donors (Lipinski definition) is 2. The Morgan fingerprint density at radius 3 is 2.18 bits per heavy atom. The number of benzene rings is 1. The Hall–Kier alpha value is -1.56. The van der Waals surface area contributed by atoms with Crippen molar-refractivity contribution in [2.24, 2.45) is 15.9 Å². The lowest BCUT2D eigenvalue weighted by molar-refractivity contribution is 0.137. The third kappa shape index (κ3) is 3.43. The molecule has 1 atom stereocenters. The molecule has 0 bridgehead atoms. The Labute approximate surface area is 135 Å². The van der Waals surface area contributed by atoms with E-state index >= 15 is 0 Å². The van der Waals surface area contributed by atoms with Gasteiger partial charge in [-0.2, -0.15) is 0 Å². The van der Waals surface area contributed by atoms with Gasteiger partial charge in [-0.05, 0) is 51.3 Å². The molecule has 22 heavy (non-hydrogen) atoms. The van der Waals surface area contributed by atoms with Gasteiger partial charge < -0.3 is 16.2 Å². The fraction of sp³-hybridized carbons (Fsp3) is 0.562. The molecule has 0 spiro atoms. The second kappa shape index (κ2) is 6.69. The first kappa shape index (κ1) is 18.5. The summed E-state index contributed by atoms with van der Waals surface area (Å²) in [6.45, 7) is 13.9. The van der Waals surface area contributed by atoms with Crippen molar-refractivity contribution in [1.82, 2.24) is 0 Å². The minimum atomic E-state index is -1.58. The van der Waals surface area contributed by atoms with Crippen LogP contribution >= 0.6 is 0 Å². The second-order valence-corrected chi connectivity index (χ2v) is 6.90. The molecular weight excluding hydrogens is 298 g/mol. The van der Waals surface area contributed by atoms with Gasteiger partial charge in [0, 0.05) is 12.0 Å². The summed E-state index contributed by atoms with van der Waals surface area (Å²) in [5.41, 5.74) is 14.4. The number of guanidine groups is 1. The Balaban J connectivity index is 0.00000116. The van der Waals surface area contributed by atoms with Crippen molar-refractivity contribution in [2.45, 2.75) is 65.4 Å². The highest BCUT2D eigenvalue weighted by Crippen LogP contribution is 2.43. The predicted octanol–water partition coefficient (Wildman–Crippen LogP) is 2.65. The van der Waals surface area contributed by atoms with Gasteiger partial charge in [0.1, 0.15) is 11.4 Å². The molecule has 4 N–H and O–H groups in total. The normalized spacial score (nSPS) is 16.0. The molecule has 1 aromatic carbocycles. The molecule has 124 valence electrons. The minimum Gasteiger partial charge on any atom is -0.487 e. The van der Waals surface area contributed by atoms with Gasteiger partial charge in [-0.25, -0.2) is 4.21 Å². The minimum absolute atomic E-state index is 0.170. The molecule has 1 aliphatic heterocycles. The van der Waals surface area contributed by atoms with Crippen molar-refractivity contribution < 1.29 is 8.95 Å². The summed E-state index contributed by atoms with van der Waals surface area (Å²) in [5.74, 6) is 0.743. The van der Waals surface area contributed by atoms with E-state index in [4.69, 9.17) is 16.2 Å². The molecule has 5 nitrogen and oxygen atoms in total. The SMILES string of the molecule is CC.Cc1c(C)c(S(=O)N=C(N)N)c(C)c2c1OC(C)(C)C2. The summed E-state index contributed by atoms with van der Waals surface area (Å²) in [6.07, 6.45) is 0.793. The zero-order valence-electron chi connectivity index (χ0n) is 14.5. The summed E-state index contributed by atoms with van der Waals surface area (Å²) in [5, 5.41) is 0. The molecule has 6 heteroatoms. The van der Waals surface area contributed by atoms with E-state index in [0.717, 1.165) is 34.4 Å². The van der Waals surface area contributed by atoms with Crippen molar-refractivity contribution in [3.05, 3.63) is 22.3 Å². The molecule has 1 aromatic rings. The second-order valence-electron chi connectivity index (χ2n) is 5.82. The molecule has 0 aliphatic carbocycles. The molecule has 1 aliphatic rings. The first-order chi connectivity index (χ1) is 10.1. The number of nitrogens with zero attached hydrogens (tertiary/aromatic N) is 1. The summed E-state index contributed by atoms with van der Waals surface area (Å²) in [7, 11) is -1.58. The first-order valence-electron chi connectivity index (χ1n) is 7.47. The van der Waals surface area contributed by atoms with Gasteiger partial charge >= 0.3 is 0 Å². The number of rotatable bonds is 2. The maximum absolute atomic E-state index is 12.3. The van der Waals surface area contributed by atoms with Crippen LogP contribution in [-0.4, -0.2) is 15.8 Å². The number of nitrogens with two attached hydrogens (primary N) is 2. The van der Waals surface area contributed by atoms with E-state index in [1.807, 2.05) is 48.5 Å². The lowest BCUT2D eigenvalue weighted by Crippen LogP contribution is -2.24. The zero-order chi connectivity index (χ0) is 17.2. The number of hydrogen-bond acceptors (Lipinski definition) is 2. The molecule has 1 heterocycles. The number of fused-ring (bicyclic) bond motifs is 1. The lowest BCUT2D eigenvalue weighted by atomic mass is 9.94. The van der Waals surface area contributed by atoms with Crippen LogP contribution in [0.2, 0.25) is 0 Å². The third-order valence-corrected chi connectivity index (χ3v) is 4.99. The Kier molecular flexibility index (Phi) is 5.62. The largest absolute Gasteiger partial charge is 0.487 e. The average molecular weight is 325 g/mol. The van der Waals surface area contributed by atoms with E-state index in [-0.39, 0.29) is 11.6 Å². The highest BCUT2D eigenvalue weighted by Gasteiger charge is 2.35. The van der Waals surface area contributed by atoms with E-state index in [9.17, 15) is 4.21 Å². The van der Waals surface area contributed by atoms with Gasteiger partial charge in [0.05, 0.1) is 4.90 Å². The van der Waals surface area contributed by atoms with Crippen LogP contribution in [0.5, 0.6) is 5.75 Å². The van der Waals surface area contributed by atoms with E-state index in [2.05, 4.69) is 4.40 Å².